The van der Waals surface area contributed by atoms with Crippen LogP contribution in [0.25, 0.3) is 0 Å². The number of phenols is 1. The summed E-state index contributed by atoms with van der Waals surface area (Å²) in [7, 11) is 3.49. The van der Waals surface area contributed by atoms with E-state index < -0.39 is 6.04 Å². The molecule has 0 aromatic heterocycles. The van der Waals surface area contributed by atoms with Crippen LogP contribution < -0.4 is 5.32 Å². The molecular weight excluding hydrogens is 295 g/mol. The fourth-order valence-corrected chi connectivity index (χ4v) is 2.44. The number of hydrogen-bond donors (Lipinski definition) is 2. The fourth-order valence-electron chi connectivity index (χ4n) is 2.44. The lowest BCUT2D eigenvalue weighted by Gasteiger charge is -2.24. The van der Waals surface area contributed by atoms with Crippen LogP contribution >= 0.6 is 0 Å². The summed E-state index contributed by atoms with van der Waals surface area (Å²) >= 11 is 0. The number of aromatic hydroxyl groups is 1. The van der Waals surface area contributed by atoms with Crippen LogP contribution in [0.3, 0.4) is 0 Å². The number of phenolic OH excluding ortho intramolecular Hbond substituents is 1. The van der Waals surface area contributed by atoms with Crippen molar-refractivity contribution in [2.24, 2.45) is 0 Å². The summed E-state index contributed by atoms with van der Waals surface area (Å²) in [6, 6.07) is 12.5. The first kappa shape index (κ1) is 17.0. The predicted molar refractivity (Wildman–Crippen MR) is 87.6 cm³/mol. The topological polar surface area (TPSA) is 52.6 Å². The minimum absolute atomic E-state index is 0.213. The molecule has 0 aliphatic carbocycles. The highest BCUT2D eigenvalue weighted by Gasteiger charge is 2.25. The van der Waals surface area contributed by atoms with E-state index in [1.165, 1.54) is 6.07 Å². The number of amides is 1. The van der Waals surface area contributed by atoms with Gasteiger partial charge in [-0.2, -0.15) is 0 Å². The summed E-state index contributed by atoms with van der Waals surface area (Å²) in [6.07, 6.45) is 0.642. The lowest BCUT2D eigenvalue weighted by Crippen LogP contribution is -2.38. The van der Waals surface area contributed by atoms with E-state index >= 15 is 0 Å². The SMILES string of the molecule is CN(C)[C@@H](C(=O)NCCc1ccc(O)cc1)c1ccccc1F. The van der Waals surface area contributed by atoms with E-state index in [0.717, 1.165) is 5.56 Å². The second-order valence-electron chi connectivity index (χ2n) is 5.60. The molecule has 5 heteroatoms. The molecule has 0 aliphatic rings. The highest BCUT2D eigenvalue weighted by atomic mass is 19.1. The van der Waals surface area contributed by atoms with Crippen molar-refractivity contribution in [3.8, 4) is 5.75 Å². The van der Waals surface area contributed by atoms with Crippen LogP contribution in [0.1, 0.15) is 17.2 Å². The Bertz CT molecular complexity index is 656. The number of hydrogen-bond acceptors (Lipinski definition) is 3. The van der Waals surface area contributed by atoms with Crippen molar-refractivity contribution in [1.82, 2.24) is 10.2 Å². The molecule has 0 saturated heterocycles. The van der Waals surface area contributed by atoms with Gasteiger partial charge in [0.05, 0.1) is 0 Å². The van der Waals surface area contributed by atoms with Crippen molar-refractivity contribution in [1.29, 1.82) is 0 Å². The van der Waals surface area contributed by atoms with Gasteiger partial charge in [-0.25, -0.2) is 4.39 Å². The fraction of sp³-hybridized carbons (Fsp3) is 0.278. The van der Waals surface area contributed by atoms with Crippen molar-refractivity contribution in [2.45, 2.75) is 12.5 Å². The van der Waals surface area contributed by atoms with Crippen LogP contribution in [0, 0.1) is 5.82 Å². The Kier molecular flexibility index (Phi) is 5.71. The van der Waals surface area contributed by atoms with Gasteiger partial charge in [-0.3, -0.25) is 9.69 Å². The summed E-state index contributed by atoms with van der Waals surface area (Å²) < 4.78 is 14.0. The number of carbonyl (C=O) groups excluding carboxylic acids is 1. The quantitative estimate of drug-likeness (QED) is 0.861. The summed E-state index contributed by atoms with van der Waals surface area (Å²) in [5, 5.41) is 12.1. The third-order valence-corrected chi connectivity index (χ3v) is 3.61. The molecule has 2 aromatic carbocycles. The molecule has 122 valence electrons. The van der Waals surface area contributed by atoms with Gasteiger partial charge < -0.3 is 10.4 Å². The highest BCUT2D eigenvalue weighted by molar-refractivity contribution is 5.83. The normalized spacial score (nSPS) is 12.2. The summed E-state index contributed by atoms with van der Waals surface area (Å²) in [5.41, 5.74) is 1.37. The zero-order valence-corrected chi connectivity index (χ0v) is 13.3. The van der Waals surface area contributed by atoms with Crippen molar-refractivity contribution >= 4 is 5.91 Å². The third kappa shape index (κ3) is 4.53. The number of carbonyl (C=O) groups is 1. The molecule has 0 fully saturated rings. The lowest BCUT2D eigenvalue weighted by atomic mass is 10.0. The van der Waals surface area contributed by atoms with Gasteiger partial charge in [0.15, 0.2) is 0 Å². The standard InChI is InChI=1S/C18H21FN2O2/c1-21(2)17(15-5-3-4-6-16(15)19)18(23)20-12-11-13-7-9-14(22)10-8-13/h3-10,17,22H,11-12H2,1-2H3,(H,20,23)/t17-/m1/s1. The van der Waals surface area contributed by atoms with E-state index in [0.29, 0.717) is 18.5 Å². The molecule has 2 N–H and O–H groups in total. The molecule has 0 saturated carbocycles. The first-order valence-corrected chi connectivity index (χ1v) is 7.45. The van der Waals surface area contributed by atoms with Crippen LogP contribution in [0.2, 0.25) is 0 Å². The molecule has 0 spiro atoms. The molecule has 23 heavy (non-hydrogen) atoms. The molecular formula is C18H21FN2O2. The molecule has 1 atom stereocenters. The second kappa shape index (κ2) is 7.74. The Hall–Kier alpha value is -2.40. The Balaban J connectivity index is 1.99. The second-order valence-corrected chi connectivity index (χ2v) is 5.60. The first-order valence-electron chi connectivity index (χ1n) is 7.45. The number of nitrogens with zero attached hydrogens (tertiary/aromatic N) is 1. The maximum absolute atomic E-state index is 14.0. The number of nitrogens with one attached hydrogen (secondary N) is 1. The maximum atomic E-state index is 14.0. The van der Waals surface area contributed by atoms with Gasteiger partial charge in [0.1, 0.15) is 17.6 Å². The van der Waals surface area contributed by atoms with Gasteiger partial charge in [-0.15, -0.1) is 0 Å². The molecule has 2 rings (SSSR count). The molecule has 0 bridgehead atoms. The molecule has 0 heterocycles. The average Bonchev–Trinajstić information content (AvgIpc) is 2.51. The van der Waals surface area contributed by atoms with Crippen LogP contribution in [0.4, 0.5) is 4.39 Å². The van der Waals surface area contributed by atoms with Crippen LogP contribution in [-0.4, -0.2) is 36.6 Å². The van der Waals surface area contributed by atoms with E-state index in [4.69, 9.17) is 0 Å². The highest BCUT2D eigenvalue weighted by Crippen LogP contribution is 2.21. The average molecular weight is 316 g/mol. The summed E-state index contributed by atoms with van der Waals surface area (Å²) in [5.74, 6) is -0.413. The van der Waals surface area contributed by atoms with Gasteiger partial charge in [0.25, 0.3) is 0 Å². The largest absolute Gasteiger partial charge is 0.508 e. The summed E-state index contributed by atoms with van der Waals surface area (Å²) in [6.45, 7) is 0.447. The number of halogens is 1. The molecule has 2 aromatic rings. The molecule has 0 radical (unpaired) electrons. The van der Waals surface area contributed by atoms with Gasteiger partial charge in [-0.05, 0) is 44.3 Å². The van der Waals surface area contributed by atoms with Gasteiger partial charge >= 0.3 is 0 Å². The summed E-state index contributed by atoms with van der Waals surface area (Å²) in [4.78, 5) is 14.1. The minimum atomic E-state index is -0.670. The number of benzene rings is 2. The van der Waals surface area contributed by atoms with E-state index in [-0.39, 0.29) is 17.5 Å². The molecule has 0 aliphatic heterocycles. The minimum Gasteiger partial charge on any atom is -0.508 e. The Morgan fingerprint density at radius 1 is 1.17 bits per heavy atom. The van der Waals surface area contributed by atoms with Crippen LogP contribution in [0.15, 0.2) is 48.5 Å². The van der Waals surface area contributed by atoms with E-state index in [1.807, 2.05) is 12.1 Å². The van der Waals surface area contributed by atoms with Gasteiger partial charge in [-0.1, -0.05) is 30.3 Å². The van der Waals surface area contributed by atoms with Gasteiger partial charge in [0.2, 0.25) is 5.91 Å². The Morgan fingerprint density at radius 2 is 1.83 bits per heavy atom. The monoisotopic (exact) mass is 316 g/mol. The number of rotatable bonds is 6. The Labute approximate surface area is 135 Å². The van der Waals surface area contributed by atoms with Crippen LogP contribution in [0.5, 0.6) is 5.75 Å². The van der Waals surface area contributed by atoms with Gasteiger partial charge in [0, 0.05) is 12.1 Å². The zero-order chi connectivity index (χ0) is 16.8. The smallest absolute Gasteiger partial charge is 0.242 e. The first-order chi connectivity index (χ1) is 11.0. The molecule has 0 unspecified atom stereocenters. The van der Waals surface area contributed by atoms with E-state index in [2.05, 4.69) is 5.32 Å². The zero-order valence-electron chi connectivity index (χ0n) is 13.3. The maximum Gasteiger partial charge on any atom is 0.242 e. The Morgan fingerprint density at radius 3 is 2.43 bits per heavy atom. The lowest BCUT2D eigenvalue weighted by molar-refractivity contribution is -0.125. The van der Waals surface area contributed by atoms with Crippen LogP contribution in [-0.2, 0) is 11.2 Å². The number of likely N-dealkylation sites (N-methyl/N-ethyl adjacent to an activating group) is 1. The molecule has 1 amide bonds. The van der Waals surface area contributed by atoms with Crippen molar-refractivity contribution in [3.05, 3.63) is 65.5 Å². The van der Waals surface area contributed by atoms with Crippen molar-refractivity contribution < 1.29 is 14.3 Å². The molecule has 4 nitrogen and oxygen atoms in total. The third-order valence-electron chi connectivity index (χ3n) is 3.61. The van der Waals surface area contributed by atoms with Crippen molar-refractivity contribution in [2.75, 3.05) is 20.6 Å². The van der Waals surface area contributed by atoms with E-state index in [1.54, 1.807) is 49.3 Å². The van der Waals surface area contributed by atoms with Crippen molar-refractivity contribution in [3.63, 3.8) is 0 Å². The predicted octanol–water partition coefficient (Wildman–Crippen LogP) is 2.49. The van der Waals surface area contributed by atoms with E-state index in [9.17, 15) is 14.3 Å².